The van der Waals surface area contributed by atoms with E-state index in [1.807, 2.05) is 13.0 Å². The van der Waals surface area contributed by atoms with Crippen molar-refractivity contribution < 1.29 is 17.6 Å². The quantitative estimate of drug-likeness (QED) is 0.585. The van der Waals surface area contributed by atoms with Gasteiger partial charge in [0.1, 0.15) is 5.82 Å². The van der Waals surface area contributed by atoms with Crippen LogP contribution in [0, 0.1) is 19.7 Å². The summed E-state index contributed by atoms with van der Waals surface area (Å²) in [7, 11) is -3.99. The van der Waals surface area contributed by atoms with Crippen LogP contribution in [-0.4, -0.2) is 14.3 Å². The standard InChI is InChI=1S/C21H18ClFN2O3S/c1-13-3-9-19(14(2)11-13)25-29(27,28)17-8-10-20(18(23)12-17)24-21(26)15-4-6-16(22)7-5-15/h3-12,25H,1-2H3,(H,24,26). The lowest BCUT2D eigenvalue weighted by atomic mass is 10.1. The average molecular weight is 433 g/mol. The monoisotopic (exact) mass is 432 g/mol. The maximum Gasteiger partial charge on any atom is 0.262 e. The van der Waals surface area contributed by atoms with E-state index in [4.69, 9.17) is 11.6 Å². The first-order valence-electron chi connectivity index (χ1n) is 8.62. The molecule has 0 radical (unpaired) electrons. The van der Waals surface area contributed by atoms with Gasteiger partial charge in [-0.1, -0.05) is 29.3 Å². The predicted octanol–water partition coefficient (Wildman–Crippen LogP) is 5.15. The van der Waals surface area contributed by atoms with Gasteiger partial charge >= 0.3 is 0 Å². The molecule has 0 saturated carbocycles. The lowest BCUT2D eigenvalue weighted by Crippen LogP contribution is -2.16. The maximum absolute atomic E-state index is 14.5. The Bertz CT molecular complexity index is 1180. The van der Waals surface area contributed by atoms with Crippen molar-refractivity contribution in [3.63, 3.8) is 0 Å². The van der Waals surface area contributed by atoms with Gasteiger partial charge in [-0.05, 0) is 67.9 Å². The van der Waals surface area contributed by atoms with Gasteiger partial charge in [0.05, 0.1) is 16.3 Å². The Kier molecular flexibility index (Phi) is 5.91. The topological polar surface area (TPSA) is 75.3 Å². The Balaban J connectivity index is 1.80. The molecule has 0 atom stereocenters. The number of hydrogen-bond acceptors (Lipinski definition) is 3. The summed E-state index contributed by atoms with van der Waals surface area (Å²) in [6, 6.07) is 14.7. The highest BCUT2D eigenvalue weighted by Gasteiger charge is 2.18. The predicted molar refractivity (Wildman–Crippen MR) is 113 cm³/mol. The highest BCUT2D eigenvalue weighted by atomic mass is 35.5. The number of amides is 1. The molecule has 0 unspecified atom stereocenters. The molecular formula is C21H18ClFN2O3S. The zero-order valence-electron chi connectivity index (χ0n) is 15.7. The molecule has 0 saturated heterocycles. The molecule has 1 amide bonds. The smallest absolute Gasteiger partial charge is 0.262 e. The van der Waals surface area contributed by atoms with E-state index >= 15 is 0 Å². The van der Waals surface area contributed by atoms with Crippen LogP contribution in [0.15, 0.2) is 65.6 Å². The molecule has 0 heterocycles. The number of hydrogen-bond donors (Lipinski definition) is 2. The van der Waals surface area contributed by atoms with E-state index < -0.39 is 21.7 Å². The molecule has 0 fully saturated rings. The fourth-order valence-electron chi connectivity index (χ4n) is 2.69. The van der Waals surface area contributed by atoms with Crippen molar-refractivity contribution in [1.29, 1.82) is 0 Å². The summed E-state index contributed by atoms with van der Waals surface area (Å²) >= 11 is 5.78. The molecule has 3 rings (SSSR count). The van der Waals surface area contributed by atoms with Crippen LogP contribution in [0.5, 0.6) is 0 Å². The minimum Gasteiger partial charge on any atom is -0.319 e. The average Bonchev–Trinajstić information content (AvgIpc) is 2.66. The molecule has 5 nitrogen and oxygen atoms in total. The molecule has 0 aliphatic rings. The molecule has 3 aromatic carbocycles. The van der Waals surface area contributed by atoms with Gasteiger partial charge in [0.15, 0.2) is 0 Å². The fraction of sp³-hybridized carbons (Fsp3) is 0.0952. The lowest BCUT2D eigenvalue weighted by Gasteiger charge is -2.12. The minimum absolute atomic E-state index is 0.129. The van der Waals surface area contributed by atoms with E-state index in [1.54, 1.807) is 31.2 Å². The molecule has 150 valence electrons. The van der Waals surface area contributed by atoms with Crippen LogP contribution in [0.25, 0.3) is 0 Å². The first-order valence-corrected chi connectivity index (χ1v) is 10.5. The maximum atomic E-state index is 14.5. The van der Waals surface area contributed by atoms with Crippen molar-refractivity contribution >= 4 is 38.9 Å². The number of nitrogens with one attached hydrogen (secondary N) is 2. The number of rotatable bonds is 5. The van der Waals surface area contributed by atoms with Crippen molar-refractivity contribution in [2.75, 3.05) is 10.0 Å². The van der Waals surface area contributed by atoms with Crippen LogP contribution in [0.4, 0.5) is 15.8 Å². The lowest BCUT2D eigenvalue weighted by molar-refractivity contribution is 0.102. The summed E-state index contributed by atoms with van der Waals surface area (Å²) in [5.41, 5.74) is 2.33. The number of halogens is 2. The second kappa shape index (κ2) is 8.23. The van der Waals surface area contributed by atoms with E-state index in [1.165, 1.54) is 24.3 Å². The van der Waals surface area contributed by atoms with Crippen molar-refractivity contribution in [3.05, 3.63) is 88.2 Å². The van der Waals surface area contributed by atoms with Gasteiger partial charge in [0, 0.05) is 10.6 Å². The van der Waals surface area contributed by atoms with Crippen LogP contribution in [0.1, 0.15) is 21.5 Å². The zero-order chi connectivity index (χ0) is 21.2. The van der Waals surface area contributed by atoms with Crippen LogP contribution in [0.3, 0.4) is 0 Å². The molecule has 3 aromatic rings. The van der Waals surface area contributed by atoms with Crippen LogP contribution >= 0.6 is 11.6 Å². The van der Waals surface area contributed by atoms with E-state index in [2.05, 4.69) is 10.0 Å². The van der Waals surface area contributed by atoms with E-state index in [0.717, 1.165) is 17.2 Å². The van der Waals surface area contributed by atoms with E-state index in [-0.39, 0.29) is 10.6 Å². The fourth-order valence-corrected chi connectivity index (χ4v) is 3.96. The van der Waals surface area contributed by atoms with Gasteiger partial charge in [0.25, 0.3) is 15.9 Å². The number of carbonyl (C=O) groups is 1. The highest BCUT2D eigenvalue weighted by Crippen LogP contribution is 2.24. The summed E-state index contributed by atoms with van der Waals surface area (Å²) < 4.78 is 42.1. The van der Waals surface area contributed by atoms with Crippen molar-refractivity contribution in [1.82, 2.24) is 0 Å². The Hall–Kier alpha value is -2.90. The van der Waals surface area contributed by atoms with Crippen molar-refractivity contribution in [2.24, 2.45) is 0 Å². The third-order valence-corrected chi connectivity index (χ3v) is 5.85. The number of anilines is 2. The summed E-state index contributed by atoms with van der Waals surface area (Å²) in [4.78, 5) is 12.0. The van der Waals surface area contributed by atoms with E-state index in [0.29, 0.717) is 16.3 Å². The summed E-state index contributed by atoms with van der Waals surface area (Å²) in [5, 5.41) is 2.89. The van der Waals surface area contributed by atoms with Gasteiger partial charge in [-0.2, -0.15) is 0 Å². The molecule has 0 spiro atoms. The van der Waals surface area contributed by atoms with Gasteiger partial charge in [-0.15, -0.1) is 0 Å². The Morgan fingerprint density at radius 2 is 1.59 bits per heavy atom. The van der Waals surface area contributed by atoms with Gasteiger partial charge in [0.2, 0.25) is 0 Å². The van der Waals surface area contributed by atoms with Gasteiger partial charge in [-0.25, -0.2) is 12.8 Å². The van der Waals surface area contributed by atoms with Crippen LogP contribution < -0.4 is 10.0 Å². The molecular weight excluding hydrogens is 415 g/mol. The Labute approximate surface area is 173 Å². The SMILES string of the molecule is Cc1ccc(NS(=O)(=O)c2ccc(NC(=O)c3ccc(Cl)cc3)c(F)c2)c(C)c1. The minimum atomic E-state index is -3.99. The van der Waals surface area contributed by atoms with E-state index in [9.17, 15) is 17.6 Å². The van der Waals surface area contributed by atoms with Crippen LogP contribution in [-0.2, 0) is 10.0 Å². The molecule has 0 bridgehead atoms. The number of benzene rings is 3. The van der Waals surface area contributed by atoms with Crippen molar-refractivity contribution in [2.45, 2.75) is 18.7 Å². The Morgan fingerprint density at radius 1 is 0.931 bits per heavy atom. The number of carbonyl (C=O) groups excluding carboxylic acids is 1. The second-order valence-corrected chi connectivity index (χ2v) is 8.65. The van der Waals surface area contributed by atoms with Gasteiger partial charge in [-0.3, -0.25) is 9.52 Å². The largest absolute Gasteiger partial charge is 0.319 e. The molecule has 2 N–H and O–H groups in total. The van der Waals surface area contributed by atoms with Gasteiger partial charge < -0.3 is 5.32 Å². The molecule has 0 aliphatic carbocycles. The summed E-state index contributed by atoms with van der Waals surface area (Å²) in [6.45, 7) is 3.68. The summed E-state index contributed by atoms with van der Waals surface area (Å²) in [5.74, 6) is -1.40. The zero-order valence-corrected chi connectivity index (χ0v) is 17.2. The Morgan fingerprint density at radius 3 is 2.21 bits per heavy atom. The second-order valence-electron chi connectivity index (χ2n) is 6.53. The molecule has 29 heavy (non-hydrogen) atoms. The normalized spacial score (nSPS) is 11.2. The van der Waals surface area contributed by atoms with Crippen LogP contribution in [0.2, 0.25) is 5.02 Å². The van der Waals surface area contributed by atoms with Crippen molar-refractivity contribution in [3.8, 4) is 0 Å². The number of sulfonamides is 1. The first-order chi connectivity index (χ1) is 13.7. The summed E-state index contributed by atoms with van der Waals surface area (Å²) in [6.07, 6.45) is 0. The molecule has 8 heteroatoms. The molecule has 0 aliphatic heterocycles. The highest BCUT2D eigenvalue weighted by molar-refractivity contribution is 7.92. The number of aryl methyl sites for hydroxylation is 2. The third kappa shape index (κ3) is 4.93. The molecule has 0 aromatic heterocycles. The first kappa shape index (κ1) is 20.8. The third-order valence-electron chi connectivity index (χ3n) is 4.23.